The summed E-state index contributed by atoms with van der Waals surface area (Å²) in [7, 11) is 0. The van der Waals surface area contributed by atoms with Crippen LogP contribution in [0.3, 0.4) is 0 Å². The zero-order chi connectivity index (χ0) is 14.9. The maximum atomic E-state index is 4.69. The van der Waals surface area contributed by atoms with Gasteiger partial charge in [0.1, 0.15) is 10.7 Å². The molecule has 3 nitrogen and oxygen atoms in total. The molecule has 0 bridgehead atoms. The fourth-order valence-corrected chi connectivity index (χ4v) is 3.84. The third-order valence-corrected chi connectivity index (χ3v) is 5.10. The van der Waals surface area contributed by atoms with Crippen molar-refractivity contribution in [2.24, 2.45) is 0 Å². The van der Waals surface area contributed by atoms with E-state index in [2.05, 4.69) is 61.3 Å². The van der Waals surface area contributed by atoms with Crippen LogP contribution in [0.4, 0.5) is 0 Å². The molecule has 0 radical (unpaired) electrons. The Morgan fingerprint density at radius 2 is 2.00 bits per heavy atom. The molecule has 4 aromatic rings. The number of thiazole rings is 1. The number of benzene rings is 1. The molecule has 0 unspecified atom stereocenters. The number of halogens is 1. The van der Waals surface area contributed by atoms with Gasteiger partial charge in [-0.2, -0.15) is 0 Å². The van der Waals surface area contributed by atoms with Crippen LogP contribution in [0.25, 0.3) is 20.9 Å². The number of nitrogens with zero attached hydrogens (tertiary/aromatic N) is 2. The second-order valence-corrected chi connectivity index (χ2v) is 6.98. The van der Waals surface area contributed by atoms with E-state index in [1.807, 2.05) is 18.3 Å². The quantitative estimate of drug-likeness (QED) is 0.549. The van der Waals surface area contributed by atoms with E-state index >= 15 is 0 Å². The molecule has 5 heteroatoms. The second kappa shape index (κ2) is 5.66. The minimum atomic E-state index is 0.916. The number of H-pyrrole nitrogens is 1. The molecule has 22 heavy (non-hydrogen) atoms. The summed E-state index contributed by atoms with van der Waals surface area (Å²) in [6.07, 6.45) is 6.60. The lowest BCUT2D eigenvalue weighted by Crippen LogP contribution is -1.84. The van der Waals surface area contributed by atoms with E-state index in [-0.39, 0.29) is 0 Å². The van der Waals surface area contributed by atoms with E-state index in [1.165, 1.54) is 15.8 Å². The van der Waals surface area contributed by atoms with Crippen LogP contribution in [0.2, 0.25) is 0 Å². The molecule has 3 aromatic heterocycles. The molecule has 0 aliphatic carbocycles. The fourth-order valence-electron chi connectivity index (χ4n) is 2.46. The van der Waals surface area contributed by atoms with E-state index in [4.69, 9.17) is 0 Å². The fraction of sp³-hybridized carbons (Fsp3) is 0.0588. The molecule has 108 valence electrons. The lowest BCUT2D eigenvalue weighted by atomic mass is 10.1. The molecule has 0 spiro atoms. The Morgan fingerprint density at radius 3 is 2.82 bits per heavy atom. The Morgan fingerprint density at radius 1 is 1.14 bits per heavy atom. The molecular weight excluding hydrogens is 358 g/mol. The summed E-state index contributed by atoms with van der Waals surface area (Å²) in [5.41, 5.74) is 4.58. The zero-order valence-electron chi connectivity index (χ0n) is 11.6. The summed E-state index contributed by atoms with van der Waals surface area (Å²) in [5.74, 6) is 0. The van der Waals surface area contributed by atoms with Gasteiger partial charge >= 0.3 is 0 Å². The number of nitrogens with one attached hydrogen (secondary N) is 1. The first-order valence-electron chi connectivity index (χ1n) is 6.91. The van der Waals surface area contributed by atoms with Gasteiger partial charge in [-0.1, -0.05) is 30.3 Å². The first kappa shape index (κ1) is 13.7. The highest BCUT2D eigenvalue weighted by atomic mass is 79.9. The van der Waals surface area contributed by atoms with E-state index in [0.717, 1.165) is 27.1 Å². The molecule has 0 aliphatic heterocycles. The largest absolute Gasteiger partial charge is 0.345 e. The minimum Gasteiger partial charge on any atom is -0.345 e. The van der Waals surface area contributed by atoms with Crippen molar-refractivity contribution in [2.75, 3.05) is 0 Å². The van der Waals surface area contributed by atoms with Gasteiger partial charge in [0.25, 0.3) is 0 Å². The molecule has 0 atom stereocenters. The van der Waals surface area contributed by atoms with Crippen LogP contribution >= 0.6 is 27.3 Å². The number of hydrogen-bond donors (Lipinski definition) is 1. The highest BCUT2D eigenvalue weighted by Crippen LogP contribution is 2.33. The van der Waals surface area contributed by atoms with Crippen molar-refractivity contribution >= 4 is 37.6 Å². The molecule has 0 saturated carbocycles. The normalized spacial score (nSPS) is 11.1. The average molecular weight is 370 g/mol. The van der Waals surface area contributed by atoms with Gasteiger partial charge in [-0.15, -0.1) is 11.3 Å². The van der Waals surface area contributed by atoms with Crippen molar-refractivity contribution in [1.82, 2.24) is 15.0 Å². The van der Waals surface area contributed by atoms with E-state index in [9.17, 15) is 0 Å². The van der Waals surface area contributed by atoms with Crippen LogP contribution in [-0.2, 0) is 6.42 Å². The van der Waals surface area contributed by atoms with Gasteiger partial charge < -0.3 is 4.98 Å². The third-order valence-electron chi connectivity index (χ3n) is 3.49. The third kappa shape index (κ3) is 2.58. The van der Waals surface area contributed by atoms with Crippen LogP contribution in [-0.4, -0.2) is 15.0 Å². The van der Waals surface area contributed by atoms with E-state index in [0.29, 0.717) is 0 Å². The van der Waals surface area contributed by atoms with Crippen LogP contribution < -0.4 is 0 Å². The summed E-state index contributed by atoms with van der Waals surface area (Å²) < 4.78 is 2.19. The van der Waals surface area contributed by atoms with Crippen molar-refractivity contribution < 1.29 is 0 Å². The predicted molar refractivity (Wildman–Crippen MR) is 94.1 cm³/mol. The lowest BCUT2D eigenvalue weighted by molar-refractivity contribution is 1.21. The summed E-state index contributed by atoms with van der Waals surface area (Å²) in [6.45, 7) is 0. The molecule has 4 rings (SSSR count). The number of pyridine rings is 1. The van der Waals surface area contributed by atoms with Crippen molar-refractivity contribution in [2.45, 2.75) is 6.42 Å². The van der Waals surface area contributed by atoms with Gasteiger partial charge in [0, 0.05) is 35.0 Å². The van der Waals surface area contributed by atoms with E-state index in [1.54, 1.807) is 17.5 Å². The maximum absolute atomic E-state index is 4.69. The smallest absolute Gasteiger partial charge is 0.149 e. The van der Waals surface area contributed by atoms with Crippen molar-refractivity contribution in [3.63, 3.8) is 0 Å². The van der Waals surface area contributed by atoms with Gasteiger partial charge in [0.2, 0.25) is 0 Å². The Labute approximate surface area is 140 Å². The SMILES string of the molecule is Brc1cncc(-c2nc3[nH]cc(Cc4ccccc4)c3s2)c1. The van der Waals surface area contributed by atoms with Gasteiger partial charge in [0.05, 0.1) is 4.70 Å². The lowest BCUT2D eigenvalue weighted by Gasteiger charge is -1.98. The molecule has 0 saturated heterocycles. The Bertz CT molecular complexity index is 927. The number of aromatic amines is 1. The number of aromatic nitrogens is 3. The van der Waals surface area contributed by atoms with Crippen LogP contribution in [0.5, 0.6) is 0 Å². The first-order valence-corrected chi connectivity index (χ1v) is 8.52. The number of fused-ring (bicyclic) bond motifs is 1. The first-order chi connectivity index (χ1) is 10.8. The van der Waals surface area contributed by atoms with Crippen LogP contribution in [0.1, 0.15) is 11.1 Å². The summed E-state index contributed by atoms with van der Waals surface area (Å²) in [5, 5.41) is 0.991. The standard InChI is InChI=1S/C17H12BrN3S/c18-14-7-13(8-19-10-14)17-21-16-15(22-17)12(9-20-16)6-11-4-2-1-3-5-11/h1-5,7-10,20H,6H2. The minimum absolute atomic E-state index is 0.916. The Balaban J connectivity index is 1.73. The van der Waals surface area contributed by atoms with Gasteiger partial charge in [0.15, 0.2) is 0 Å². The van der Waals surface area contributed by atoms with Crippen LogP contribution in [0, 0.1) is 0 Å². The summed E-state index contributed by atoms with van der Waals surface area (Å²) >= 11 is 5.17. The van der Waals surface area contributed by atoms with Crippen LogP contribution in [0.15, 0.2) is 59.5 Å². The monoisotopic (exact) mass is 369 g/mol. The molecule has 0 fully saturated rings. The molecular formula is C17H12BrN3S. The Hall–Kier alpha value is -1.98. The summed E-state index contributed by atoms with van der Waals surface area (Å²) in [6, 6.07) is 12.5. The zero-order valence-corrected chi connectivity index (χ0v) is 14.0. The Kier molecular flexibility index (Phi) is 3.52. The molecule has 1 aromatic carbocycles. The van der Waals surface area contributed by atoms with Gasteiger partial charge in [-0.3, -0.25) is 4.98 Å². The molecule has 0 amide bonds. The van der Waals surface area contributed by atoms with Crippen molar-refractivity contribution in [1.29, 1.82) is 0 Å². The van der Waals surface area contributed by atoms with Crippen molar-refractivity contribution in [3.05, 3.63) is 70.6 Å². The van der Waals surface area contributed by atoms with Gasteiger partial charge in [-0.25, -0.2) is 4.98 Å². The van der Waals surface area contributed by atoms with Crippen molar-refractivity contribution in [3.8, 4) is 10.6 Å². The van der Waals surface area contributed by atoms with Gasteiger partial charge in [-0.05, 0) is 33.1 Å². The second-order valence-electron chi connectivity index (χ2n) is 5.06. The van der Waals surface area contributed by atoms with E-state index < -0.39 is 0 Å². The topological polar surface area (TPSA) is 41.6 Å². The predicted octanol–water partition coefficient (Wildman–Crippen LogP) is 5.04. The molecule has 0 aliphatic rings. The maximum Gasteiger partial charge on any atom is 0.149 e. The highest BCUT2D eigenvalue weighted by molar-refractivity contribution is 9.10. The number of rotatable bonds is 3. The molecule has 1 N–H and O–H groups in total. The average Bonchev–Trinajstić information content (AvgIpc) is 3.11. The summed E-state index contributed by atoms with van der Waals surface area (Å²) in [4.78, 5) is 12.2. The molecule has 3 heterocycles. The highest BCUT2D eigenvalue weighted by Gasteiger charge is 2.12. The number of hydrogen-bond acceptors (Lipinski definition) is 3.